The van der Waals surface area contributed by atoms with Gasteiger partial charge in [0.1, 0.15) is 0 Å². The van der Waals surface area contributed by atoms with Crippen LogP contribution in [0.5, 0.6) is 0 Å². The lowest BCUT2D eigenvalue weighted by Gasteiger charge is -2.14. The Morgan fingerprint density at radius 2 is 1.92 bits per heavy atom. The molecule has 1 fully saturated rings. The number of hydrogen-bond acceptors (Lipinski definition) is 3. The number of nitrogens with one attached hydrogen (secondary N) is 1. The van der Waals surface area contributed by atoms with Crippen LogP contribution in [0.25, 0.3) is 5.69 Å². The average Bonchev–Trinajstić information content (AvgIpc) is 3.10. The average molecular weight is 327 g/mol. The van der Waals surface area contributed by atoms with Crippen LogP contribution in [0.3, 0.4) is 0 Å². The van der Waals surface area contributed by atoms with Crippen molar-refractivity contribution >= 4 is 5.91 Å². The predicted octanol–water partition coefficient (Wildman–Crippen LogP) is 2.69. The molecule has 0 saturated heterocycles. The van der Waals surface area contributed by atoms with Crippen molar-refractivity contribution in [1.82, 2.24) is 15.1 Å². The van der Waals surface area contributed by atoms with E-state index in [4.69, 9.17) is 0 Å². The Morgan fingerprint density at radius 1 is 1.21 bits per heavy atom. The van der Waals surface area contributed by atoms with Crippen LogP contribution in [0.1, 0.15) is 46.6 Å². The molecular formula is C19H25N3O2. The summed E-state index contributed by atoms with van der Waals surface area (Å²) in [7, 11) is 0. The Balaban J connectivity index is 1.74. The zero-order valence-corrected chi connectivity index (χ0v) is 14.5. The minimum Gasteiger partial charge on any atom is -0.393 e. The molecule has 2 unspecified atom stereocenters. The molecule has 1 amide bonds. The van der Waals surface area contributed by atoms with Crippen molar-refractivity contribution in [1.29, 1.82) is 0 Å². The largest absolute Gasteiger partial charge is 0.393 e. The number of nitrogens with zero attached hydrogens (tertiary/aromatic N) is 2. The van der Waals surface area contributed by atoms with Gasteiger partial charge in [0, 0.05) is 18.2 Å². The highest BCUT2D eigenvalue weighted by Crippen LogP contribution is 2.24. The molecule has 128 valence electrons. The Bertz CT molecular complexity index is 731. The monoisotopic (exact) mass is 327 g/mol. The normalized spacial score (nSPS) is 20.3. The van der Waals surface area contributed by atoms with E-state index < -0.39 is 0 Å². The summed E-state index contributed by atoms with van der Waals surface area (Å²) in [5, 5.41) is 17.2. The first kappa shape index (κ1) is 16.7. The van der Waals surface area contributed by atoms with Gasteiger partial charge in [-0.05, 0) is 62.9 Å². The van der Waals surface area contributed by atoms with Gasteiger partial charge < -0.3 is 10.4 Å². The first-order chi connectivity index (χ1) is 11.4. The van der Waals surface area contributed by atoms with E-state index in [1.54, 1.807) is 10.7 Å². The SMILES string of the molecule is Cc1cc(C)cc(-n2nc(C(=O)NCC3CCCC3O)cc2C)c1. The molecule has 24 heavy (non-hydrogen) atoms. The first-order valence-electron chi connectivity index (χ1n) is 8.55. The Hall–Kier alpha value is -2.14. The van der Waals surface area contributed by atoms with Gasteiger partial charge in [-0.2, -0.15) is 5.10 Å². The van der Waals surface area contributed by atoms with Gasteiger partial charge in [-0.25, -0.2) is 4.68 Å². The van der Waals surface area contributed by atoms with Crippen molar-refractivity contribution in [3.63, 3.8) is 0 Å². The smallest absolute Gasteiger partial charge is 0.271 e. The third-order valence-electron chi connectivity index (χ3n) is 4.71. The fourth-order valence-electron chi connectivity index (χ4n) is 3.49. The number of aliphatic hydroxyl groups excluding tert-OH is 1. The summed E-state index contributed by atoms with van der Waals surface area (Å²) in [6.07, 6.45) is 2.54. The zero-order valence-electron chi connectivity index (χ0n) is 14.5. The lowest BCUT2D eigenvalue weighted by atomic mass is 10.1. The number of carbonyl (C=O) groups is 1. The number of carbonyl (C=O) groups excluding carboxylic acids is 1. The van der Waals surface area contributed by atoms with Gasteiger partial charge in [0.15, 0.2) is 5.69 Å². The Labute approximate surface area is 142 Å². The molecule has 0 spiro atoms. The van der Waals surface area contributed by atoms with E-state index in [2.05, 4.69) is 42.5 Å². The molecule has 2 atom stereocenters. The standard InChI is InChI=1S/C19H25N3O2/c1-12-7-13(2)9-16(8-12)22-14(3)10-17(21-22)19(24)20-11-15-5-4-6-18(15)23/h7-10,15,18,23H,4-6,11H2,1-3H3,(H,20,24). The third-order valence-corrected chi connectivity index (χ3v) is 4.71. The summed E-state index contributed by atoms with van der Waals surface area (Å²) in [6, 6.07) is 8.04. The Kier molecular flexibility index (Phi) is 4.71. The second kappa shape index (κ2) is 6.77. The van der Waals surface area contributed by atoms with E-state index in [0.717, 1.165) is 30.6 Å². The molecule has 1 aromatic carbocycles. The highest BCUT2D eigenvalue weighted by Gasteiger charge is 2.25. The van der Waals surface area contributed by atoms with Crippen LogP contribution in [0.2, 0.25) is 0 Å². The van der Waals surface area contributed by atoms with Crippen LogP contribution in [0.4, 0.5) is 0 Å². The van der Waals surface area contributed by atoms with Crippen LogP contribution in [-0.2, 0) is 0 Å². The van der Waals surface area contributed by atoms with Crippen molar-refractivity contribution in [3.8, 4) is 5.69 Å². The molecular weight excluding hydrogens is 302 g/mol. The van der Waals surface area contributed by atoms with Crippen molar-refractivity contribution in [2.45, 2.75) is 46.1 Å². The number of benzene rings is 1. The van der Waals surface area contributed by atoms with Gasteiger partial charge in [-0.3, -0.25) is 4.79 Å². The van der Waals surface area contributed by atoms with Gasteiger partial charge in [0.05, 0.1) is 11.8 Å². The van der Waals surface area contributed by atoms with Crippen LogP contribution in [0, 0.1) is 26.7 Å². The number of amides is 1. The molecule has 1 aliphatic rings. The van der Waals surface area contributed by atoms with E-state index in [1.807, 2.05) is 6.92 Å². The van der Waals surface area contributed by atoms with Crippen LogP contribution >= 0.6 is 0 Å². The number of hydrogen-bond donors (Lipinski definition) is 2. The molecule has 1 heterocycles. The van der Waals surface area contributed by atoms with Crippen LogP contribution in [-0.4, -0.2) is 33.4 Å². The van der Waals surface area contributed by atoms with Crippen molar-refractivity contribution in [2.75, 3.05) is 6.54 Å². The summed E-state index contributed by atoms with van der Waals surface area (Å²) < 4.78 is 1.80. The molecule has 1 aromatic heterocycles. The topological polar surface area (TPSA) is 67.2 Å². The highest BCUT2D eigenvalue weighted by molar-refractivity contribution is 5.92. The fourth-order valence-corrected chi connectivity index (χ4v) is 3.49. The maximum absolute atomic E-state index is 12.4. The fraction of sp³-hybridized carbons (Fsp3) is 0.474. The highest BCUT2D eigenvalue weighted by atomic mass is 16.3. The van der Waals surface area contributed by atoms with Crippen molar-refractivity contribution in [2.24, 2.45) is 5.92 Å². The number of aryl methyl sites for hydroxylation is 3. The minimum absolute atomic E-state index is 0.163. The van der Waals surface area contributed by atoms with E-state index >= 15 is 0 Å². The predicted molar refractivity (Wildman–Crippen MR) is 93.5 cm³/mol. The zero-order chi connectivity index (χ0) is 17.3. The molecule has 0 bridgehead atoms. The third kappa shape index (κ3) is 3.51. The van der Waals surface area contributed by atoms with Gasteiger partial charge in [0.25, 0.3) is 5.91 Å². The van der Waals surface area contributed by atoms with E-state index in [-0.39, 0.29) is 17.9 Å². The van der Waals surface area contributed by atoms with Crippen LogP contribution in [0.15, 0.2) is 24.3 Å². The maximum atomic E-state index is 12.4. The number of aromatic nitrogens is 2. The van der Waals surface area contributed by atoms with E-state index in [1.165, 1.54) is 11.1 Å². The first-order valence-corrected chi connectivity index (χ1v) is 8.55. The van der Waals surface area contributed by atoms with Crippen LogP contribution < -0.4 is 5.32 Å². The molecule has 3 rings (SSSR count). The molecule has 2 aromatic rings. The summed E-state index contributed by atoms with van der Waals surface area (Å²) in [4.78, 5) is 12.4. The molecule has 1 aliphatic carbocycles. The summed E-state index contributed by atoms with van der Waals surface area (Å²) in [6.45, 7) is 6.56. The second-order valence-corrected chi connectivity index (χ2v) is 6.90. The van der Waals surface area contributed by atoms with Crippen molar-refractivity contribution < 1.29 is 9.90 Å². The number of rotatable bonds is 4. The minimum atomic E-state index is -0.292. The maximum Gasteiger partial charge on any atom is 0.271 e. The van der Waals surface area contributed by atoms with Gasteiger partial charge in [-0.15, -0.1) is 0 Å². The molecule has 5 heteroatoms. The Morgan fingerprint density at radius 3 is 2.54 bits per heavy atom. The molecule has 0 radical (unpaired) electrons. The summed E-state index contributed by atoms with van der Waals surface area (Å²) >= 11 is 0. The summed E-state index contributed by atoms with van der Waals surface area (Å²) in [5.74, 6) is -0.0168. The number of aliphatic hydroxyl groups is 1. The lowest BCUT2D eigenvalue weighted by molar-refractivity contribution is 0.0911. The molecule has 5 nitrogen and oxygen atoms in total. The molecule has 2 N–H and O–H groups in total. The quantitative estimate of drug-likeness (QED) is 0.907. The van der Waals surface area contributed by atoms with Gasteiger partial charge in [0.2, 0.25) is 0 Å². The van der Waals surface area contributed by atoms with Crippen molar-refractivity contribution in [3.05, 3.63) is 46.8 Å². The molecule has 1 saturated carbocycles. The molecule has 0 aliphatic heterocycles. The lowest BCUT2D eigenvalue weighted by Crippen LogP contribution is -2.32. The van der Waals surface area contributed by atoms with E-state index in [9.17, 15) is 9.90 Å². The second-order valence-electron chi connectivity index (χ2n) is 6.90. The van der Waals surface area contributed by atoms with Gasteiger partial charge in [-0.1, -0.05) is 12.5 Å². The van der Waals surface area contributed by atoms with Gasteiger partial charge >= 0.3 is 0 Å². The van der Waals surface area contributed by atoms with E-state index in [0.29, 0.717) is 12.2 Å². The summed E-state index contributed by atoms with van der Waals surface area (Å²) in [5.41, 5.74) is 4.64.